The molecule has 0 saturated heterocycles. The van der Waals surface area contributed by atoms with Crippen LogP contribution in [0.25, 0.3) is 33.2 Å². The number of rotatable bonds is 6. The van der Waals surface area contributed by atoms with Crippen molar-refractivity contribution in [3.8, 4) is 22.4 Å². The lowest BCUT2D eigenvalue weighted by Gasteiger charge is -2.16. The standard InChI is InChI=1S/C29H23N3O4S/c1-18-12-14-19(15-13-18)23-17-37-29(30-23)31-24(33)16-36-28(35)26-25(20-8-4-3-5-9-20)21-10-6-7-11-22(21)27(34)32(26)2/h3-15,17H,16H2,1-2H3,(H,30,31,33). The molecule has 0 radical (unpaired) electrons. The molecule has 0 aliphatic rings. The van der Waals surface area contributed by atoms with Gasteiger partial charge in [-0.1, -0.05) is 78.4 Å². The molecular weight excluding hydrogens is 486 g/mol. The second-order valence-corrected chi connectivity index (χ2v) is 9.39. The summed E-state index contributed by atoms with van der Waals surface area (Å²) in [6.45, 7) is 1.49. The molecule has 3 aromatic carbocycles. The summed E-state index contributed by atoms with van der Waals surface area (Å²) in [7, 11) is 1.53. The van der Waals surface area contributed by atoms with Crippen molar-refractivity contribution in [2.45, 2.75) is 6.92 Å². The van der Waals surface area contributed by atoms with Crippen molar-refractivity contribution < 1.29 is 14.3 Å². The summed E-state index contributed by atoms with van der Waals surface area (Å²) in [6, 6.07) is 24.4. The molecule has 0 spiro atoms. The fraction of sp³-hybridized carbons (Fsp3) is 0.103. The topological polar surface area (TPSA) is 90.3 Å². The monoisotopic (exact) mass is 509 g/mol. The van der Waals surface area contributed by atoms with Crippen molar-refractivity contribution in [1.82, 2.24) is 9.55 Å². The van der Waals surface area contributed by atoms with Crippen LogP contribution in [-0.2, 0) is 16.6 Å². The number of nitrogens with one attached hydrogen (secondary N) is 1. The predicted octanol–water partition coefficient (Wildman–Crippen LogP) is 5.43. The molecule has 0 atom stereocenters. The highest BCUT2D eigenvalue weighted by Crippen LogP contribution is 2.31. The van der Waals surface area contributed by atoms with Gasteiger partial charge in [0.15, 0.2) is 11.7 Å². The molecular formula is C29H23N3O4S. The van der Waals surface area contributed by atoms with Gasteiger partial charge in [-0.2, -0.15) is 0 Å². The van der Waals surface area contributed by atoms with Crippen molar-refractivity contribution in [3.63, 3.8) is 0 Å². The predicted molar refractivity (Wildman–Crippen MR) is 146 cm³/mol. The number of pyridine rings is 1. The number of ether oxygens (including phenoxy) is 1. The highest BCUT2D eigenvalue weighted by Gasteiger charge is 2.23. The number of benzene rings is 3. The lowest BCUT2D eigenvalue weighted by molar-refractivity contribution is -0.119. The Hall–Kier alpha value is -4.56. The normalized spacial score (nSPS) is 10.9. The number of hydrogen-bond donors (Lipinski definition) is 1. The quantitative estimate of drug-likeness (QED) is 0.308. The average molecular weight is 510 g/mol. The van der Waals surface area contributed by atoms with Crippen molar-refractivity contribution in [2.24, 2.45) is 7.05 Å². The van der Waals surface area contributed by atoms with Crippen LogP contribution in [0.4, 0.5) is 5.13 Å². The maximum Gasteiger partial charge on any atom is 0.356 e. The fourth-order valence-corrected chi connectivity index (χ4v) is 4.88. The molecule has 7 nitrogen and oxygen atoms in total. The Morgan fingerprint density at radius 2 is 1.59 bits per heavy atom. The van der Waals surface area contributed by atoms with Crippen LogP contribution < -0.4 is 10.9 Å². The summed E-state index contributed by atoms with van der Waals surface area (Å²) in [5.74, 6) is -1.29. The van der Waals surface area contributed by atoms with Gasteiger partial charge in [0.2, 0.25) is 0 Å². The molecule has 2 heterocycles. The number of thiazole rings is 1. The third-order valence-electron chi connectivity index (χ3n) is 5.99. The van der Waals surface area contributed by atoms with E-state index in [1.165, 1.54) is 23.0 Å². The summed E-state index contributed by atoms with van der Waals surface area (Å²) >= 11 is 1.28. The van der Waals surface area contributed by atoms with Gasteiger partial charge in [0, 0.05) is 28.9 Å². The van der Waals surface area contributed by atoms with E-state index in [0.29, 0.717) is 21.5 Å². The number of esters is 1. The Labute approximate surface area is 217 Å². The smallest absolute Gasteiger partial charge is 0.356 e. The number of carbonyl (C=O) groups excluding carboxylic acids is 2. The van der Waals surface area contributed by atoms with Gasteiger partial charge in [-0.05, 0) is 23.9 Å². The zero-order valence-corrected chi connectivity index (χ0v) is 21.0. The molecule has 0 fully saturated rings. The van der Waals surface area contributed by atoms with Gasteiger partial charge in [-0.3, -0.25) is 14.9 Å². The second kappa shape index (κ2) is 10.2. The van der Waals surface area contributed by atoms with Crippen LogP contribution in [0.2, 0.25) is 0 Å². The summed E-state index contributed by atoms with van der Waals surface area (Å²) in [4.78, 5) is 43.3. The van der Waals surface area contributed by atoms with Crippen molar-refractivity contribution >= 4 is 39.1 Å². The maximum absolute atomic E-state index is 13.3. The Morgan fingerprint density at radius 1 is 0.919 bits per heavy atom. The summed E-state index contributed by atoms with van der Waals surface area (Å²) in [6.07, 6.45) is 0. The van der Waals surface area contributed by atoms with Crippen LogP contribution in [0.3, 0.4) is 0 Å². The number of fused-ring (bicyclic) bond motifs is 1. The first-order valence-electron chi connectivity index (χ1n) is 11.6. The molecule has 0 saturated carbocycles. The van der Waals surface area contributed by atoms with Gasteiger partial charge in [0.25, 0.3) is 11.5 Å². The van der Waals surface area contributed by atoms with E-state index in [1.807, 2.05) is 73.0 Å². The molecule has 0 bridgehead atoms. The third-order valence-corrected chi connectivity index (χ3v) is 6.75. The molecule has 1 N–H and O–H groups in total. The largest absolute Gasteiger partial charge is 0.451 e. The van der Waals surface area contributed by atoms with Crippen molar-refractivity contribution in [3.05, 3.63) is 106 Å². The summed E-state index contributed by atoms with van der Waals surface area (Å²) in [5, 5.41) is 6.06. The van der Waals surface area contributed by atoms with Gasteiger partial charge >= 0.3 is 5.97 Å². The minimum atomic E-state index is -0.765. The molecule has 5 aromatic rings. The second-order valence-electron chi connectivity index (χ2n) is 8.53. The molecule has 5 rings (SSSR count). The van der Waals surface area contributed by atoms with E-state index in [4.69, 9.17) is 4.74 Å². The number of aryl methyl sites for hydroxylation is 1. The highest BCUT2D eigenvalue weighted by atomic mass is 32.1. The Bertz CT molecular complexity index is 1670. The molecule has 1 amide bonds. The maximum atomic E-state index is 13.3. The summed E-state index contributed by atoms with van der Waals surface area (Å²) < 4.78 is 6.66. The van der Waals surface area contributed by atoms with Gasteiger partial charge < -0.3 is 9.30 Å². The van der Waals surface area contributed by atoms with Crippen LogP contribution in [0, 0.1) is 6.92 Å². The average Bonchev–Trinajstić information content (AvgIpc) is 3.38. The molecule has 184 valence electrons. The van der Waals surface area contributed by atoms with Crippen LogP contribution in [0.5, 0.6) is 0 Å². The number of hydrogen-bond acceptors (Lipinski definition) is 6. The van der Waals surface area contributed by atoms with E-state index in [2.05, 4.69) is 10.3 Å². The van der Waals surface area contributed by atoms with E-state index < -0.39 is 18.5 Å². The van der Waals surface area contributed by atoms with Crippen LogP contribution in [-0.4, -0.2) is 28.0 Å². The third kappa shape index (κ3) is 4.92. The van der Waals surface area contributed by atoms with E-state index in [-0.39, 0.29) is 11.3 Å². The first-order chi connectivity index (χ1) is 17.9. The molecule has 0 unspecified atom stereocenters. The van der Waals surface area contributed by atoms with Crippen molar-refractivity contribution in [2.75, 3.05) is 11.9 Å². The van der Waals surface area contributed by atoms with Crippen LogP contribution in [0.1, 0.15) is 16.1 Å². The zero-order valence-electron chi connectivity index (χ0n) is 20.2. The first kappa shape index (κ1) is 24.1. The Kier molecular flexibility index (Phi) is 6.66. The number of aromatic nitrogens is 2. The van der Waals surface area contributed by atoms with E-state index >= 15 is 0 Å². The summed E-state index contributed by atoms with van der Waals surface area (Å²) in [5.41, 5.74) is 3.93. The van der Waals surface area contributed by atoms with Gasteiger partial charge in [0.05, 0.1) is 5.69 Å². The van der Waals surface area contributed by atoms with Gasteiger partial charge in [-0.25, -0.2) is 9.78 Å². The highest BCUT2D eigenvalue weighted by molar-refractivity contribution is 7.14. The fourth-order valence-electron chi connectivity index (χ4n) is 4.14. The van der Waals surface area contributed by atoms with Crippen LogP contribution >= 0.6 is 11.3 Å². The molecule has 8 heteroatoms. The van der Waals surface area contributed by atoms with Gasteiger partial charge in [-0.15, -0.1) is 11.3 Å². The number of anilines is 1. The minimum Gasteiger partial charge on any atom is -0.451 e. The Balaban J connectivity index is 1.37. The minimum absolute atomic E-state index is 0.0820. The van der Waals surface area contributed by atoms with Crippen molar-refractivity contribution in [1.29, 1.82) is 0 Å². The molecule has 0 aliphatic heterocycles. The van der Waals surface area contributed by atoms with Gasteiger partial charge in [0.1, 0.15) is 5.69 Å². The van der Waals surface area contributed by atoms with E-state index in [9.17, 15) is 14.4 Å². The lowest BCUT2D eigenvalue weighted by atomic mass is 9.97. The van der Waals surface area contributed by atoms with E-state index in [1.54, 1.807) is 18.2 Å². The molecule has 2 aromatic heterocycles. The lowest BCUT2D eigenvalue weighted by Crippen LogP contribution is -2.28. The number of amides is 1. The number of nitrogens with zero attached hydrogens (tertiary/aromatic N) is 2. The van der Waals surface area contributed by atoms with E-state index in [0.717, 1.165) is 22.4 Å². The number of carbonyl (C=O) groups is 2. The Morgan fingerprint density at radius 3 is 2.32 bits per heavy atom. The molecule has 0 aliphatic carbocycles. The van der Waals surface area contributed by atoms with Crippen LogP contribution in [0.15, 0.2) is 89.0 Å². The molecule has 37 heavy (non-hydrogen) atoms. The zero-order chi connectivity index (χ0) is 25.9. The SMILES string of the molecule is Cc1ccc(-c2csc(NC(=O)COC(=O)c3c(-c4ccccc4)c4ccccc4c(=O)n3C)n2)cc1. The first-order valence-corrected chi connectivity index (χ1v) is 12.5.